The maximum absolute atomic E-state index is 10.8. The van der Waals surface area contributed by atoms with E-state index < -0.39 is 16.9 Å². The quantitative estimate of drug-likeness (QED) is 0.593. The van der Waals surface area contributed by atoms with Crippen LogP contribution < -0.4 is 5.73 Å². The highest BCUT2D eigenvalue weighted by Gasteiger charge is 2.22. The van der Waals surface area contributed by atoms with Crippen molar-refractivity contribution >= 4 is 11.7 Å². The fourth-order valence-electron chi connectivity index (χ4n) is 1.60. The minimum Gasteiger partial charge on any atom is -0.481 e. The first-order chi connectivity index (χ1) is 7.43. The molecule has 0 fully saturated rings. The van der Waals surface area contributed by atoms with Crippen molar-refractivity contribution in [3.8, 4) is 0 Å². The number of aryl methyl sites for hydroxylation is 1. The molecule has 1 aromatic rings. The molecular formula is C10H12N2O4. The Hall–Kier alpha value is -1.95. The third-order valence-corrected chi connectivity index (χ3v) is 2.26. The molecule has 6 nitrogen and oxygen atoms in total. The van der Waals surface area contributed by atoms with Gasteiger partial charge >= 0.3 is 5.97 Å². The summed E-state index contributed by atoms with van der Waals surface area (Å²) < 4.78 is 0. The number of carbonyl (C=O) groups is 1. The van der Waals surface area contributed by atoms with Crippen molar-refractivity contribution in [3.05, 3.63) is 39.4 Å². The van der Waals surface area contributed by atoms with Crippen LogP contribution in [0, 0.1) is 17.0 Å². The molecule has 1 aromatic carbocycles. The van der Waals surface area contributed by atoms with E-state index in [9.17, 15) is 14.9 Å². The Morgan fingerprint density at radius 1 is 1.62 bits per heavy atom. The van der Waals surface area contributed by atoms with E-state index in [0.717, 1.165) is 0 Å². The number of aliphatic carboxylic acids is 1. The summed E-state index contributed by atoms with van der Waals surface area (Å²) in [7, 11) is 0. The van der Waals surface area contributed by atoms with E-state index in [0.29, 0.717) is 5.56 Å². The van der Waals surface area contributed by atoms with Gasteiger partial charge in [0.05, 0.1) is 11.3 Å². The molecule has 1 unspecified atom stereocenters. The first-order valence-electron chi connectivity index (χ1n) is 4.64. The molecule has 0 spiro atoms. The number of nitrogens with two attached hydrogens (primary N) is 1. The molecule has 0 bridgehead atoms. The summed E-state index contributed by atoms with van der Waals surface area (Å²) in [6.45, 7) is 1.67. The maximum atomic E-state index is 10.8. The van der Waals surface area contributed by atoms with Gasteiger partial charge in [-0.15, -0.1) is 0 Å². The van der Waals surface area contributed by atoms with Crippen LogP contribution in [-0.4, -0.2) is 16.0 Å². The Kier molecular flexibility index (Phi) is 3.57. The molecule has 16 heavy (non-hydrogen) atoms. The van der Waals surface area contributed by atoms with Crippen molar-refractivity contribution in [2.75, 3.05) is 0 Å². The zero-order valence-electron chi connectivity index (χ0n) is 8.71. The van der Waals surface area contributed by atoms with Gasteiger partial charge < -0.3 is 10.8 Å². The lowest BCUT2D eigenvalue weighted by atomic mass is 9.97. The zero-order valence-corrected chi connectivity index (χ0v) is 8.71. The van der Waals surface area contributed by atoms with E-state index in [-0.39, 0.29) is 17.7 Å². The summed E-state index contributed by atoms with van der Waals surface area (Å²) in [5.41, 5.74) is 6.43. The van der Waals surface area contributed by atoms with E-state index in [4.69, 9.17) is 10.8 Å². The molecule has 0 amide bonds. The van der Waals surface area contributed by atoms with Gasteiger partial charge in [0.25, 0.3) is 5.69 Å². The lowest BCUT2D eigenvalue weighted by molar-refractivity contribution is -0.385. The van der Waals surface area contributed by atoms with Gasteiger partial charge in [-0.3, -0.25) is 14.9 Å². The molecule has 0 saturated heterocycles. The van der Waals surface area contributed by atoms with Gasteiger partial charge in [-0.05, 0) is 12.5 Å². The standard InChI is InChI=1S/C10H12N2O4/c1-6-3-2-4-8(12(15)16)10(6)7(11)5-9(13)14/h2-4,7H,5,11H2,1H3,(H,13,14). The molecule has 1 rings (SSSR count). The van der Waals surface area contributed by atoms with Gasteiger partial charge in [-0.2, -0.15) is 0 Å². The molecule has 86 valence electrons. The SMILES string of the molecule is Cc1cccc([N+](=O)[O-])c1C(N)CC(=O)O. The van der Waals surface area contributed by atoms with Crippen molar-refractivity contribution in [2.45, 2.75) is 19.4 Å². The summed E-state index contributed by atoms with van der Waals surface area (Å²) in [5.74, 6) is -1.08. The average molecular weight is 224 g/mol. The third kappa shape index (κ3) is 2.54. The van der Waals surface area contributed by atoms with Crippen molar-refractivity contribution in [2.24, 2.45) is 5.73 Å². The lowest BCUT2D eigenvalue weighted by Crippen LogP contribution is -2.17. The van der Waals surface area contributed by atoms with Crippen molar-refractivity contribution < 1.29 is 14.8 Å². The largest absolute Gasteiger partial charge is 0.481 e. The van der Waals surface area contributed by atoms with Crippen LogP contribution in [-0.2, 0) is 4.79 Å². The van der Waals surface area contributed by atoms with Crippen molar-refractivity contribution in [1.82, 2.24) is 0 Å². The Balaban J connectivity index is 3.19. The Labute approximate surface area is 91.8 Å². The summed E-state index contributed by atoms with van der Waals surface area (Å²) >= 11 is 0. The van der Waals surface area contributed by atoms with Crippen LogP contribution in [0.4, 0.5) is 5.69 Å². The molecule has 1 atom stereocenters. The minimum atomic E-state index is -1.08. The van der Waals surface area contributed by atoms with Gasteiger partial charge in [0, 0.05) is 17.7 Å². The second kappa shape index (κ2) is 4.71. The molecular weight excluding hydrogens is 212 g/mol. The normalized spacial score (nSPS) is 12.1. The number of nitrogens with zero attached hydrogens (tertiary/aromatic N) is 1. The van der Waals surface area contributed by atoms with Gasteiger partial charge in [0.1, 0.15) is 0 Å². The number of nitro benzene ring substituents is 1. The minimum absolute atomic E-state index is 0.131. The third-order valence-electron chi connectivity index (χ3n) is 2.26. The Morgan fingerprint density at radius 2 is 2.25 bits per heavy atom. The van der Waals surface area contributed by atoms with Gasteiger partial charge in [-0.25, -0.2) is 0 Å². The molecule has 6 heteroatoms. The topological polar surface area (TPSA) is 106 Å². The van der Waals surface area contributed by atoms with Gasteiger partial charge in [0.15, 0.2) is 0 Å². The van der Waals surface area contributed by atoms with E-state index in [1.165, 1.54) is 6.07 Å². The predicted molar refractivity (Wildman–Crippen MR) is 57.0 cm³/mol. The van der Waals surface area contributed by atoms with E-state index in [2.05, 4.69) is 0 Å². The first kappa shape index (κ1) is 12.1. The fraction of sp³-hybridized carbons (Fsp3) is 0.300. The molecule has 0 heterocycles. The number of hydrogen-bond donors (Lipinski definition) is 2. The number of benzene rings is 1. The fourth-order valence-corrected chi connectivity index (χ4v) is 1.60. The molecule has 0 saturated carbocycles. The number of rotatable bonds is 4. The van der Waals surface area contributed by atoms with Crippen molar-refractivity contribution in [1.29, 1.82) is 0 Å². The van der Waals surface area contributed by atoms with Crippen LogP contribution in [0.5, 0.6) is 0 Å². The van der Waals surface area contributed by atoms with Crippen LogP contribution in [0.3, 0.4) is 0 Å². The number of carboxylic acids is 1. The van der Waals surface area contributed by atoms with Crippen LogP contribution in [0.15, 0.2) is 18.2 Å². The van der Waals surface area contributed by atoms with Crippen LogP contribution in [0.2, 0.25) is 0 Å². The van der Waals surface area contributed by atoms with Crippen molar-refractivity contribution in [3.63, 3.8) is 0 Å². The van der Waals surface area contributed by atoms with E-state index >= 15 is 0 Å². The Bertz CT molecular complexity index is 431. The molecule has 0 radical (unpaired) electrons. The number of hydrogen-bond acceptors (Lipinski definition) is 4. The van der Waals surface area contributed by atoms with Crippen LogP contribution in [0.1, 0.15) is 23.6 Å². The summed E-state index contributed by atoms with van der Waals surface area (Å²) in [6, 6.07) is 3.68. The van der Waals surface area contributed by atoms with Crippen LogP contribution in [0.25, 0.3) is 0 Å². The highest BCUT2D eigenvalue weighted by Crippen LogP contribution is 2.28. The summed E-state index contributed by atoms with van der Waals surface area (Å²) in [6.07, 6.45) is -0.328. The smallest absolute Gasteiger partial charge is 0.305 e. The molecule has 0 aliphatic rings. The monoisotopic (exact) mass is 224 g/mol. The summed E-state index contributed by atoms with van der Waals surface area (Å²) in [5, 5.41) is 19.4. The zero-order chi connectivity index (χ0) is 12.3. The molecule has 3 N–H and O–H groups in total. The highest BCUT2D eigenvalue weighted by molar-refractivity contribution is 5.68. The highest BCUT2D eigenvalue weighted by atomic mass is 16.6. The van der Waals surface area contributed by atoms with Crippen LogP contribution >= 0.6 is 0 Å². The molecule has 0 aliphatic heterocycles. The van der Waals surface area contributed by atoms with Gasteiger partial charge in [0.2, 0.25) is 0 Å². The summed E-state index contributed by atoms with van der Waals surface area (Å²) in [4.78, 5) is 20.7. The van der Waals surface area contributed by atoms with E-state index in [1.807, 2.05) is 0 Å². The number of carboxylic acid groups (broad SMARTS) is 1. The maximum Gasteiger partial charge on any atom is 0.305 e. The van der Waals surface area contributed by atoms with Gasteiger partial charge in [-0.1, -0.05) is 12.1 Å². The Morgan fingerprint density at radius 3 is 2.75 bits per heavy atom. The number of nitro groups is 1. The predicted octanol–water partition coefficient (Wildman–Crippen LogP) is 1.38. The average Bonchev–Trinajstić information content (AvgIpc) is 2.15. The molecule has 0 aromatic heterocycles. The second-order valence-electron chi connectivity index (χ2n) is 3.47. The first-order valence-corrected chi connectivity index (χ1v) is 4.64. The van der Waals surface area contributed by atoms with E-state index in [1.54, 1.807) is 19.1 Å². The lowest BCUT2D eigenvalue weighted by Gasteiger charge is -2.12. The molecule has 0 aliphatic carbocycles. The second-order valence-corrected chi connectivity index (χ2v) is 3.47.